The van der Waals surface area contributed by atoms with Gasteiger partial charge in [-0.3, -0.25) is 5.32 Å². The van der Waals surface area contributed by atoms with E-state index in [1.165, 1.54) is 32.1 Å². The Morgan fingerprint density at radius 3 is 1.88 bits per heavy atom. The molecular weight excluding hydrogens is 438 g/mol. The zero-order valence-corrected chi connectivity index (χ0v) is 19.4. The minimum Gasteiger partial charge on any atom is -0.394 e. The van der Waals surface area contributed by atoms with Gasteiger partial charge in [0.05, 0.1) is 13.2 Å². The highest BCUT2D eigenvalue weighted by Crippen LogP contribution is 2.28. The van der Waals surface area contributed by atoms with Gasteiger partial charge in [-0.2, -0.15) is 0 Å². The Balaban J connectivity index is 1.82. The van der Waals surface area contributed by atoms with Crippen molar-refractivity contribution in [2.45, 2.75) is 120 Å². The second-order valence-electron chi connectivity index (χ2n) is 8.99. The first kappa shape index (κ1) is 28.8. The number of hydrogen-bond acceptors (Lipinski definition) is 11. The van der Waals surface area contributed by atoms with Gasteiger partial charge in [0.2, 0.25) is 0 Å². The Morgan fingerprint density at radius 2 is 1.27 bits per heavy atom. The highest BCUT2D eigenvalue weighted by molar-refractivity contribution is 4.95. The van der Waals surface area contributed by atoms with Crippen LogP contribution in [0.5, 0.6) is 0 Å². The molecular formula is C22H43NO10. The lowest BCUT2D eigenvalue weighted by atomic mass is 9.96. The smallest absolute Gasteiger partial charge is 0.187 e. The van der Waals surface area contributed by atoms with Crippen molar-refractivity contribution < 1.29 is 50.0 Å². The van der Waals surface area contributed by atoms with Crippen LogP contribution in [0, 0.1) is 0 Å². The molecule has 33 heavy (non-hydrogen) atoms. The molecule has 0 aromatic rings. The summed E-state index contributed by atoms with van der Waals surface area (Å²) in [5, 5.41) is 73.2. The lowest BCUT2D eigenvalue weighted by Gasteiger charge is -2.46. The molecule has 2 rings (SSSR count). The zero-order chi connectivity index (χ0) is 24.4. The second-order valence-corrected chi connectivity index (χ2v) is 8.99. The maximum atomic E-state index is 10.6. The van der Waals surface area contributed by atoms with Crippen molar-refractivity contribution in [1.82, 2.24) is 5.32 Å². The number of nitrogens with one attached hydrogen (secondary N) is 1. The van der Waals surface area contributed by atoms with Crippen molar-refractivity contribution in [3.8, 4) is 0 Å². The molecule has 0 bridgehead atoms. The Hall–Kier alpha value is -0.440. The molecule has 8 N–H and O–H groups in total. The number of hydrogen-bond donors (Lipinski definition) is 8. The maximum absolute atomic E-state index is 10.6. The Morgan fingerprint density at radius 1 is 0.667 bits per heavy atom. The van der Waals surface area contributed by atoms with E-state index in [0.29, 0.717) is 6.54 Å². The molecule has 10 unspecified atom stereocenters. The molecule has 196 valence electrons. The fourth-order valence-corrected chi connectivity index (χ4v) is 4.26. The van der Waals surface area contributed by atoms with Gasteiger partial charge in [-0.05, 0) is 13.0 Å². The molecule has 11 heteroatoms. The molecule has 0 spiro atoms. The van der Waals surface area contributed by atoms with Crippen LogP contribution in [-0.2, 0) is 14.2 Å². The number of unbranched alkanes of at least 4 members (excludes halogenated alkanes) is 7. The Kier molecular flexibility index (Phi) is 13.0. The molecule has 0 aliphatic carbocycles. The molecule has 0 aromatic carbocycles. The van der Waals surface area contributed by atoms with Crippen LogP contribution in [0.1, 0.15) is 58.3 Å². The molecule has 2 heterocycles. The fraction of sp³-hybridized carbons (Fsp3) is 1.00. The van der Waals surface area contributed by atoms with E-state index in [1.54, 1.807) is 0 Å². The van der Waals surface area contributed by atoms with Crippen molar-refractivity contribution in [2.24, 2.45) is 0 Å². The standard InChI is InChI=1S/C22H43NO10/c1-2-3-4-5-6-7-8-9-10-23-21-18(29)17(28)20(14(12-25)31-21)33-22-19(30)16(27)15(26)13(11-24)32-22/h13-30H,2-12H2,1H3. The van der Waals surface area contributed by atoms with Gasteiger partial charge in [0.1, 0.15) is 55.1 Å². The maximum Gasteiger partial charge on any atom is 0.187 e. The van der Waals surface area contributed by atoms with E-state index in [2.05, 4.69) is 12.2 Å². The number of ether oxygens (including phenoxy) is 3. The fourth-order valence-electron chi connectivity index (χ4n) is 4.26. The number of aliphatic hydroxyl groups is 7. The topological polar surface area (TPSA) is 181 Å². The van der Waals surface area contributed by atoms with Crippen molar-refractivity contribution in [2.75, 3.05) is 19.8 Å². The van der Waals surface area contributed by atoms with Gasteiger partial charge in [0.25, 0.3) is 0 Å². The average Bonchev–Trinajstić information content (AvgIpc) is 2.82. The summed E-state index contributed by atoms with van der Waals surface area (Å²) in [4.78, 5) is 0. The van der Waals surface area contributed by atoms with Crippen molar-refractivity contribution in [3.05, 3.63) is 0 Å². The third-order valence-corrected chi connectivity index (χ3v) is 6.38. The van der Waals surface area contributed by atoms with Crippen molar-refractivity contribution >= 4 is 0 Å². The summed E-state index contributed by atoms with van der Waals surface area (Å²) in [6, 6.07) is 0. The SMILES string of the molecule is CCCCCCCCCCNC1OC(CO)C(OC2OC(CO)C(O)C(O)C2O)C(O)C1O. The average molecular weight is 482 g/mol. The van der Waals surface area contributed by atoms with E-state index >= 15 is 0 Å². The zero-order valence-electron chi connectivity index (χ0n) is 19.4. The molecule has 0 saturated carbocycles. The summed E-state index contributed by atoms with van der Waals surface area (Å²) >= 11 is 0. The quantitative estimate of drug-likeness (QED) is 0.133. The summed E-state index contributed by atoms with van der Waals surface area (Å²) in [5.74, 6) is 0. The van der Waals surface area contributed by atoms with Gasteiger partial charge < -0.3 is 50.0 Å². The van der Waals surface area contributed by atoms with Crippen LogP contribution < -0.4 is 5.32 Å². The van der Waals surface area contributed by atoms with Gasteiger partial charge in [-0.1, -0.05) is 51.9 Å². The van der Waals surface area contributed by atoms with E-state index in [0.717, 1.165) is 19.3 Å². The van der Waals surface area contributed by atoms with E-state index in [-0.39, 0.29) is 0 Å². The van der Waals surface area contributed by atoms with Gasteiger partial charge in [0.15, 0.2) is 6.29 Å². The number of aliphatic hydroxyl groups excluding tert-OH is 7. The predicted molar refractivity (Wildman–Crippen MR) is 117 cm³/mol. The van der Waals surface area contributed by atoms with Crippen LogP contribution in [0.3, 0.4) is 0 Å². The molecule has 2 saturated heterocycles. The Labute approximate surface area is 195 Å². The highest BCUT2D eigenvalue weighted by Gasteiger charge is 2.50. The lowest BCUT2D eigenvalue weighted by molar-refractivity contribution is -0.343. The third kappa shape index (κ3) is 8.04. The van der Waals surface area contributed by atoms with Crippen LogP contribution in [-0.4, -0.2) is 117 Å². The van der Waals surface area contributed by atoms with E-state index in [4.69, 9.17) is 14.2 Å². The molecule has 2 aliphatic heterocycles. The number of rotatable bonds is 14. The van der Waals surface area contributed by atoms with Gasteiger partial charge in [0, 0.05) is 0 Å². The monoisotopic (exact) mass is 481 g/mol. The molecule has 11 nitrogen and oxygen atoms in total. The summed E-state index contributed by atoms with van der Waals surface area (Å²) in [6.45, 7) is 1.59. The summed E-state index contributed by atoms with van der Waals surface area (Å²) in [7, 11) is 0. The van der Waals surface area contributed by atoms with E-state index in [9.17, 15) is 35.7 Å². The molecule has 2 aliphatic rings. The molecule has 0 aromatic heterocycles. The summed E-state index contributed by atoms with van der Waals surface area (Å²) < 4.78 is 16.5. The third-order valence-electron chi connectivity index (χ3n) is 6.38. The minimum atomic E-state index is -1.68. The van der Waals surface area contributed by atoms with E-state index < -0.39 is 74.6 Å². The van der Waals surface area contributed by atoms with Crippen LogP contribution in [0.15, 0.2) is 0 Å². The molecule has 0 radical (unpaired) electrons. The van der Waals surface area contributed by atoms with Crippen LogP contribution in [0.4, 0.5) is 0 Å². The summed E-state index contributed by atoms with van der Waals surface area (Å²) in [6.07, 6.45) is -4.45. The van der Waals surface area contributed by atoms with Crippen LogP contribution in [0.25, 0.3) is 0 Å². The molecule has 10 atom stereocenters. The lowest BCUT2D eigenvalue weighted by Crippen LogP contribution is -2.66. The van der Waals surface area contributed by atoms with Gasteiger partial charge >= 0.3 is 0 Å². The predicted octanol–water partition coefficient (Wildman–Crippen LogP) is -1.66. The van der Waals surface area contributed by atoms with E-state index in [1.807, 2.05) is 0 Å². The van der Waals surface area contributed by atoms with Crippen LogP contribution in [0.2, 0.25) is 0 Å². The first-order valence-corrected chi connectivity index (χ1v) is 12.2. The Bertz CT molecular complexity index is 525. The first-order chi connectivity index (χ1) is 15.8. The molecule has 0 amide bonds. The van der Waals surface area contributed by atoms with Gasteiger partial charge in [-0.15, -0.1) is 0 Å². The second kappa shape index (κ2) is 14.8. The van der Waals surface area contributed by atoms with Crippen LogP contribution >= 0.6 is 0 Å². The highest BCUT2D eigenvalue weighted by atomic mass is 16.7. The van der Waals surface area contributed by atoms with Crippen molar-refractivity contribution in [1.29, 1.82) is 0 Å². The summed E-state index contributed by atoms with van der Waals surface area (Å²) in [5.41, 5.74) is 0. The normalized spacial score (nSPS) is 39.6. The first-order valence-electron chi connectivity index (χ1n) is 12.2. The minimum absolute atomic E-state index is 0.540. The molecule has 2 fully saturated rings. The largest absolute Gasteiger partial charge is 0.394 e. The van der Waals surface area contributed by atoms with Gasteiger partial charge in [-0.25, -0.2) is 0 Å². The van der Waals surface area contributed by atoms with Crippen molar-refractivity contribution in [3.63, 3.8) is 0 Å².